The highest BCUT2D eigenvalue weighted by Gasteiger charge is 2.10. The Bertz CT molecular complexity index is 818. The van der Waals surface area contributed by atoms with Crippen molar-refractivity contribution < 1.29 is 9.32 Å². The van der Waals surface area contributed by atoms with E-state index >= 15 is 0 Å². The lowest BCUT2D eigenvalue weighted by Crippen LogP contribution is -2.29. The summed E-state index contributed by atoms with van der Waals surface area (Å²) < 4.78 is 5.92. The number of aromatic nitrogens is 2. The van der Waals surface area contributed by atoms with Crippen molar-refractivity contribution in [2.24, 2.45) is 0 Å². The van der Waals surface area contributed by atoms with Crippen LogP contribution in [0.2, 0.25) is 5.02 Å². The molecule has 0 aliphatic carbocycles. The van der Waals surface area contributed by atoms with Crippen LogP contribution in [0, 0.1) is 0 Å². The molecule has 3 aromatic rings. The molecule has 0 saturated carbocycles. The smallest absolute Gasteiger partial charge is 0.313 e. The van der Waals surface area contributed by atoms with Crippen molar-refractivity contribution in [1.29, 1.82) is 0 Å². The van der Waals surface area contributed by atoms with E-state index in [1.165, 1.54) is 0 Å². The summed E-state index contributed by atoms with van der Waals surface area (Å²) in [7, 11) is 0. The first-order valence-corrected chi connectivity index (χ1v) is 7.70. The first-order chi connectivity index (χ1) is 11.1. The van der Waals surface area contributed by atoms with Gasteiger partial charge in [0.15, 0.2) is 0 Å². The van der Waals surface area contributed by atoms with Gasteiger partial charge in [-0.15, -0.1) is 0 Å². The van der Waals surface area contributed by atoms with Gasteiger partial charge in [-0.05, 0) is 48.5 Å². The van der Waals surface area contributed by atoms with E-state index in [1.54, 1.807) is 48.5 Å². The SMILES string of the molecule is O=C(NNc1nc(-c2ccc(Cl)cc2)no1)c1ccc(Br)cc1. The van der Waals surface area contributed by atoms with Crippen LogP contribution in [0.25, 0.3) is 11.4 Å². The Morgan fingerprint density at radius 2 is 1.78 bits per heavy atom. The Hall–Kier alpha value is -2.38. The molecule has 0 unspecified atom stereocenters. The number of benzene rings is 2. The summed E-state index contributed by atoms with van der Waals surface area (Å²) in [6.07, 6.45) is 0. The fourth-order valence-electron chi connectivity index (χ4n) is 1.77. The zero-order chi connectivity index (χ0) is 16.2. The Kier molecular flexibility index (Phi) is 4.59. The zero-order valence-corrected chi connectivity index (χ0v) is 13.9. The summed E-state index contributed by atoms with van der Waals surface area (Å²) in [6.45, 7) is 0. The summed E-state index contributed by atoms with van der Waals surface area (Å²) in [4.78, 5) is 16.1. The second kappa shape index (κ2) is 6.80. The highest BCUT2D eigenvalue weighted by atomic mass is 79.9. The molecule has 0 saturated heterocycles. The number of carbonyl (C=O) groups is 1. The van der Waals surface area contributed by atoms with Crippen LogP contribution in [-0.2, 0) is 0 Å². The number of carbonyl (C=O) groups excluding carboxylic acids is 1. The summed E-state index contributed by atoms with van der Waals surface area (Å²) in [5.41, 5.74) is 6.32. The second-order valence-corrected chi connectivity index (χ2v) is 5.87. The Labute approximate surface area is 144 Å². The molecule has 0 aliphatic heterocycles. The molecule has 8 heteroatoms. The molecule has 0 spiro atoms. The first-order valence-electron chi connectivity index (χ1n) is 6.53. The van der Waals surface area contributed by atoms with Crippen LogP contribution in [0.1, 0.15) is 10.4 Å². The number of nitrogens with zero attached hydrogens (tertiary/aromatic N) is 2. The standard InChI is InChI=1S/C15H10BrClN4O2/c16-11-5-1-10(2-6-11)14(22)19-20-15-18-13(21-23-15)9-3-7-12(17)8-4-9/h1-8H,(H,19,22)(H,18,20,21). The fourth-order valence-corrected chi connectivity index (χ4v) is 2.16. The average Bonchev–Trinajstić information content (AvgIpc) is 3.03. The number of rotatable bonds is 4. The van der Waals surface area contributed by atoms with Crippen LogP contribution < -0.4 is 10.9 Å². The first kappa shape index (κ1) is 15.5. The predicted octanol–water partition coefficient (Wildman–Crippen LogP) is 3.91. The number of anilines is 1. The number of nitrogens with one attached hydrogen (secondary N) is 2. The van der Waals surface area contributed by atoms with Crippen molar-refractivity contribution in [3.63, 3.8) is 0 Å². The van der Waals surface area contributed by atoms with Gasteiger partial charge in [-0.2, -0.15) is 4.98 Å². The van der Waals surface area contributed by atoms with E-state index < -0.39 is 0 Å². The Morgan fingerprint density at radius 1 is 1.09 bits per heavy atom. The van der Waals surface area contributed by atoms with E-state index in [9.17, 15) is 4.79 Å². The van der Waals surface area contributed by atoms with Crippen molar-refractivity contribution in [1.82, 2.24) is 15.6 Å². The summed E-state index contributed by atoms with van der Waals surface area (Å²) in [5.74, 6) is 0.0748. The largest absolute Gasteiger partial charge is 0.340 e. The van der Waals surface area contributed by atoms with E-state index in [4.69, 9.17) is 16.1 Å². The molecule has 0 fully saturated rings. The van der Waals surface area contributed by atoms with Crippen molar-refractivity contribution in [2.75, 3.05) is 5.43 Å². The van der Waals surface area contributed by atoms with Crippen molar-refractivity contribution in [2.45, 2.75) is 0 Å². The van der Waals surface area contributed by atoms with E-state index in [1.807, 2.05) is 0 Å². The zero-order valence-electron chi connectivity index (χ0n) is 11.6. The van der Waals surface area contributed by atoms with Gasteiger partial charge in [-0.3, -0.25) is 10.2 Å². The lowest BCUT2D eigenvalue weighted by atomic mass is 10.2. The maximum absolute atomic E-state index is 12.0. The molecule has 3 rings (SSSR count). The van der Waals surface area contributed by atoms with Crippen LogP contribution in [0.4, 0.5) is 6.01 Å². The van der Waals surface area contributed by atoms with E-state index in [0.717, 1.165) is 10.0 Å². The highest BCUT2D eigenvalue weighted by molar-refractivity contribution is 9.10. The molecule has 0 radical (unpaired) electrons. The van der Waals surface area contributed by atoms with Gasteiger partial charge in [0.1, 0.15) is 0 Å². The molecule has 0 bridgehead atoms. The fraction of sp³-hybridized carbons (Fsp3) is 0. The van der Waals surface area contributed by atoms with Crippen LogP contribution in [0.15, 0.2) is 57.5 Å². The van der Waals surface area contributed by atoms with Crippen LogP contribution in [0.5, 0.6) is 0 Å². The van der Waals surface area contributed by atoms with Crippen molar-refractivity contribution in [3.8, 4) is 11.4 Å². The normalized spacial score (nSPS) is 10.3. The minimum atomic E-state index is -0.316. The van der Waals surface area contributed by atoms with Crippen molar-refractivity contribution in [3.05, 3.63) is 63.6 Å². The minimum absolute atomic E-state index is 0.0837. The van der Waals surface area contributed by atoms with Gasteiger partial charge in [0, 0.05) is 20.6 Å². The predicted molar refractivity (Wildman–Crippen MR) is 90.0 cm³/mol. The molecule has 2 aromatic carbocycles. The van der Waals surface area contributed by atoms with E-state index in [2.05, 4.69) is 36.9 Å². The third-order valence-electron chi connectivity index (χ3n) is 2.92. The molecular formula is C15H10BrClN4O2. The molecule has 23 heavy (non-hydrogen) atoms. The third kappa shape index (κ3) is 3.88. The average molecular weight is 394 g/mol. The van der Waals surface area contributed by atoms with Gasteiger partial charge in [0.25, 0.3) is 5.91 Å². The monoisotopic (exact) mass is 392 g/mol. The lowest BCUT2D eigenvalue weighted by molar-refractivity contribution is 0.0961. The third-order valence-corrected chi connectivity index (χ3v) is 3.70. The Morgan fingerprint density at radius 3 is 2.48 bits per heavy atom. The van der Waals surface area contributed by atoms with Gasteiger partial charge in [0.05, 0.1) is 0 Å². The van der Waals surface area contributed by atoms with Crippen LogP contribution in [0.3, 0.4) is 0 Å². The molecular weight excluding hydrogens is 384 g/mol. The molecule has 116 valence electrons. The summed E-state index contributed by atoms with van der Waals surface area (Å²) >= 11 is 9.14. The topological polar surface area (TPSA) is 80.0 Å². The van der Waals surface area contributed by atoms with E-state index in [0.29, 0.717) is 16.4 Å². The molecule has 1 aromatic heterocycles. The molecule has 1 heterocycles. The highest BCUT2D eigenvalue weighted by Crippen LogP contribution is 2.19. The van der Waals surface area contributed by atoms with E-state index in [-0.39, 0.29) is 11.9 Å². The van der Waals surface area contributed by atoms with Crippen molar-refractivity contribution >= 4 is 39.5 Å². The lowest BCUT2D eigenvalue weighted by Gasteiger charge is -2.04. The molecule has 6 nitrogen and oxygen atoms in total. The minimum Gasteiger partial charge on any atom is -0.313 e. The van der Waals surface area contributed by atoms with Gasteiger partial charge < -0.3 is 4.52 Å². The number of halogens is 2. The number of amides is 1. The van der Waals surface area contributed by atoms with Gasteiger partial charge in [-0.1, -0.05) is 32.7 Å². The number of hydrogen-bond donors (Lipinski definition) is 2. The molecule has 0 aliphatic rings. The quantitative estimate of drug-likeness (QED) is 0.657. The molecule has 2 N–H and O–H groups in total. The maximum Gasteiger partial charge on any atom is 0.340 e. The summed E-state index contributed by atoms with van der Waals surface area (Å²) in [6, 6.07) is 14.0. The number of hydrogen-bond acceptors (Lipinski definition) is 5. The summed E-state index contributed by atoms with van der Waals surface area (Å²) in [5, 5.41) is 4.45. The van der Waals surface area contributed by atoms with Crippen LogP contribution >= 0.6 is 27.5 Å². The Balaban J connectivity index is 1.64. The maximum atomic E-state index is 12.0. The number of hydrazine groups is 1. The molecule has 0 atom stereocenters. The van der Waals surface area contributed by atoms with Gasteiger partial charge in [0.2, 0.25) is 5.82 Å². The second-order valence-electron chi connectivity index (χ2n) is 4.52. The van der Waals surface area contributed by atoms with Crippen LogP contribution in [-0.4, -0.2) is 16.0 Å². The van der Waals surface area contributed by atoms with Gasteiger partial charge >= 0.3 is 6.01 Å². The molecule has 1 amide bonds. The van der Waals surface area contributed by atoms with Gasteiger partial charge in [-0.25, -0.2) is 5.43 Å².